The summed E-state index contributed by atoms with van der Waals surface area (Å²) in [6.45, 7) is 3.02. The number of hydrogen-bond donors (Lipinski definition) is 0. The number of aromatic nitrogens is 1. The van der Waals surface area contributed by atoms with Gasteiger partial charge in [0, 0.05) is 29.7 Å². The van der Waals surface area contributed by atoms with E-state index in [-0.39, 0.29) is 16.7 Å². The summed E-state index contributed by atoms with van der Waals surface area (Å²) >= 11 is 0. The first-order valence-corrected chi connectivity index (χ1v) is 9.80. The van der Waals surface area contributed by atoms with Crippen LogP contribution in [0.4, 0.5) is 4.39 Å². The molecule has 0 unspecified atom stereocenters. The molecular weight excluding hydrogens is 415 g/mol. The van der Waals surface area contributed by atoms with Gasteiger partial charge in [-0.05, 0) is 56.3 Å². The SMILES string of the molecule is Cc1cc(C(=O)COC(=O)c2ccc3c(c2)C(=O)N(C)C3=O)c(C)n1-c1cccc(F)c1. The van der Waals surface area contributed by atoms with E-state index in [2.05, 4.69) is 0 Å². The number of rotatable bonds is 5. The second kappa shape index (κ2) is 7.88. The van der Waals surface area contributed by atoms with E-state index in [0.717, 1.165) is 10.6 Å². The number of fused-ring (bicyclic) bond motifs is 1. The van der Waals surface area contributed by atoms with Crippen LogP contribution in [0.25, 0.3) is 5.69 Å². The van der Waals surface area contributed by atoms with Crippen molar-refractivity contribution in [3.8, 4) is 5.69 Å². The molecule has 3 aromatic rings. The number of ketones is 1. The number of nitrogens with zero attached hydrogens (tertiary/aromatic N) is 2. The number of ether oxygens (including phenoxy) is 1. The van der Waals surface area contributed by atoms with E-state index in [1.165, 1.54) is 37.4 Å². The maximum absolute atomic E-state index is 13.6. The average Bonchev–Trinajstić information content (AvgIpc) is 3.19. The number of hydrogen-bond acceptors (Lipinski definition) is 5. The number of benzene rings is 2. The molecule has 32 heavy (non-hydrogen) atoms. The third kappa shape index (κ3) is 3.49. The lowest BCUT2D eigenvalue weighted by Gasteiger charge is -2.10. The van der Waals surface area contributed by atoms with Crippen molar-refractivity contribution < 1.29 is 28.3 Å². The van der Waals surface area contributed by atoms with Crippen molar-refractivity contribution in [1.82, 2.24) is 9.47 Å². The summed E-state index contributed by atoms with van der Waals surface area (Å²) in [5.41, 5.74) is 2.67. The number of amides is 2. The van der Waals surface area contributed by atoms with Crippen molar-refractivity contribution in [3.05, 3.63) is 88.0 Å². The Balaban J connectivity index is 1.50. The van der Waals surface area contributed by atoms with Crippen LogP contribution in [0, 0.1) is 19.7 Å². The van der Waals surface area contributed by atoms with Gasteiger partial charge in [0.2, 0.25) is 5.78 Å². The lowest BCUT2D eigenvalue weighted by atomic mass is 10.1. The van der Waals surface area contributed by atoms with E-state index in [1.54, 1.807) is 36.6 Å². The largest absolute Gasteiger partial charge is 0.454 e. The molecule has 0 spiro atoms. The zero-order chi connectivity index (χ0) is 23.2. The Labute approximate surface area is 183 Å². The second-order valence-electron chi connectivity index (χ2n) is 7.53. The highest BCUT2D eigenvalue weighted by Crippen LogP contribution is 2.24. The number of carbonyl (C=O) groups is 4. The second-order valence-corrected chi connectivity index (χ2v) is 7.53. The maximum Gasteiger partial charge on any atom is 0.338 e. The molecule has 2 heterocycles. The molecule has 4 rings (SSSR count). The summed E-state index contributed by atoms with van der Waals surface area (Å²) in [6, 6.07) is 11.7. The minimum atomic E-state index is -0.783. The van der Waals surface area contributed by atoms with Gasteiger partial charge in [-0.1, -0.05) is 6.07 Å². The Bertz CT molecular complexity index is 1310. The van der Waals surface area contributed by atoms with Crippen LogP contribution in [0.1, 0.15) is 52.8 Å². The quantitative estimate of drug-likeness (QED) is 0.349. The summed E-state index contributed by atoms with van der Waals surface area (Å²) in [5, 5.41) is 0. The van der Waals surface area contributed by atoms with Crippen LogP contribution in [0.15, 0.2) is 48.5 Å². The molecule has 1 aromatic heterocycles. The molecule has 7 nitrogen and oxygen atoms in total. The monoisotopic (exact) mass is 434 g/mol. The number of aryl methyl sites for hydroxylation is 1. The Hall–Kier alpha value is -4.07. The third-order valence-corrected chi connectivity index (χ3v) is 5.46. The predicted molar refractivity (Wildman–Crippen MR) is 113 cm³/mol. The van der Waals surface area contributed by atoms with E-state index in [9.17, 15) is 23.6 Å². The summed E-state index contributed by atoms with van der Waals surface area (Å²) in [4.78, 5) is 50.2. The van der Waals surface area contributed by atoms with Gasteiger partial charge in [-0.3, -0.25) is 19.3 Å². The first-order chi connectivity index (χ1) is 15.2. The molecule has 162 valence electrons. The molecule has 0 radical (unpaired) electrons. The number of esters is 1. The van der Waals surface area contributed by atoms with E-state index >= 15 is 0 Å². The molecule has 2 amide bonds. The van der Waals surface area contributed by atoms with Crippen molar-refractivity contribution in [2.24, 2.45) is 0 Å². The minimum Gasteiger partial charge on any atom is -0.454 e. The molecule has 0 saturated carbocycles. The highest BCUT2D eigenvalue weighted by molar-refractivity contribution is 6.21. The lowest BCUT2D eigenvalue weighted by molar-refractivity contribution is 0.0474. The molecule has 0 saturated heterocycles. The van der Waals surface area contributed by atoms with Crippen molar-refractivity contribution >= 4 is 23.6 Å². The molecule has 0 atom stereocenters. The van der Waals surface area contributed by atoms with Crippen molar-refractivity contribution in [3.63, 3.8) is 0 Å². The zero-order valence-corrected chi connectivity index (χ0v) is 17.6. The molecule has 2 aromatic carbocycles. The minimum absolute atomic E-state index is 0.0678. The molecule has 0 aliphatic carbocycles. The number of halogens is 1. The summed E-state index contributed by atoms with van der Waals surface area (Å²) in [7, 11) is 1.36. The highest BCUT2D eigenvalue weighted by Gasteiger charge is 2.33. The van der Waals surface area contributed by atoms with Gasteiger partial charge in [0.05, 0.1) is 16.7 Å². The molecule has 0 bridgehead atoms. The first-order valence-electron chi connectivity index (χ1n) is 9.80. The average molecular weight is 434 g/mol. The maximum atomic E-state index is 13.6. The van der Waals surface area contributed by atoms with Crippen molar-refractivity contribution in [2.75, 3.05) is 13.7 Å². The number of Topliss-reactive ketones (excluding diaryl/α,β-unsaturated/α-hetero) is 1. The summed E-state index contributed by atoms with van der Waals surface area (Å²) in [6.07, 6.45) is 0. The van der Waals surface area contributed by atoms with E-state index in [1.807, 2.05) is 0 Å². The Morgan fingerprint density at radius 1 is 0.969 bits per heavy atom. The third-order valence-electron chi connectivity index (χ3n) is 5.46. The van der Waals surface area contributed by atoms with Crippen LogP contribution in [0.3, 0.4) is 0 Å². The zero-order valence-electron chi connectivity index (χ0n) is 17.6. The molecular formula is C24H19FN2O5. The molecule has 0 N–H and O–H groups in total. The van der Waals surface area contributed by atoms with Gasteiger partial charge in [-0.2, -0.15) is 0 Å². The van der Waals surface area contributed by atoms with Crippen LogP contribution in [-0.2, 0) is 4.74 Å². The Morgan fingerprint density at radius 3 is 2.41 bits per heavy atom. The van der Waals surface area contributed by atoms with Gasteiger partial charge in [-0.25, -0.2) is 9.18 Å². The number of imide groups is 1. The Kier molecular flexibility index (Phi) is 5.22. The number of carbonyl (C=O) groups excluding carboxylic acids is 4. The van der Waals surface area contributed by atoms with Crippen LogP contribution in [0.2, 0.25) is 0 Å². The van der Waals surface area contributed by atoms with Gasteiger partial charge in [0.25, 0.3) is 11.8 Å². The van der Waals surface area contributed by atoms with Gasteiger partial charge >= 0.3 is 5.97 Å². The summed E-state index contributed by atoms with van der Waals surface area (Å²) in [5.74, 6) is -2.53. The van der Waals surface area contributed by atoms with Gasteiger partial charge < -0.3 is 9.30 Å². The lowest BCUT2D eigenvalue weighted by Crippen LogP contribution is -2.24. The molecule has 0 fully saturated rings. The molecule has 1 aliphatic rings. The first kappa shape index (κ1) is 21.2. The smallest absolute Gasteiger partial charge is 0.338 e. The normalized spacial score (nSPS) is 12.8. The van der Waals surface area contributed by atoms with Crippen LogP contribution in [0.5, 0.6) is 0 Å². The molecule has 1 aliphatic heterocycles. The van der Waals surface area contributed by atoms with Gasteiger partial charge in [0.15, 0.2) is 6.61 Å². The van der Waals surface area contributed by atoms with Crippen LogP contribution in [-0.4, -0.2) is 46.7 Å². The Morgan fingerprint density at radius 2 is 1.69 bits per heavy atom. The van der Waals surface area contributed by atoms with E-state index in [0.29, 0.717) is 16.9 Å². The predicted octanol–water partition coefficient (Wildman–Crippen LogP) is 3.50. The highest BCUT2D eigenvalue weighted by atomic mass is 19.1. The fourth-order valence-electron chi connectivity index (χ4n) is 3.84. The van der Waals surface area contributed by atoms with E-state index in [4.69, 9.17) is 4.74 Å². The molecule has 8 heteroatoms. The topological polar surface area (TPSA) is 85.7 Å². The van der Waals surface area contributed by atoms with Crippen molar-refractivity contribution in [1.29, 1.82) is 0 Å². The van der Waals surface area contributed by atoms with Gasteiger partial charge in [-0.15, -0.1) is 0 Å². The fraction of sp³-hybridized carbons (Fsp3) is 0.167. The van der Waals surface area contributed by atoms with Crippen molar-refractivity contribution in [2.45, 2.75) is 13.8 Å². The fourth-order valence-corrected chi connectivity index (χ4v) is 3.84. The standard InChI is InChI=1S/C24H19FN2O5/c1-13-9-19(14(2)27(13)17-6-4-5-16(25)11-17)21(28)12-32-24(31)15-7-8-18-20(10-15)23(30)26(3)22(18)29/h4-11H,12H2,1-3H3. The van der Waals surface area contributed by atoms with Crippen LogP contribution >= 0.6 is 0 Å². The summed E-state index contributed by atoms with van der Waals surface area (Å²) < 4.78 is 20.5. The van der Waals surface area contributed by atoms with E-state index < -0.39 is 36.0 Å². The van der Waals surface area contributed by atoms with Gasteiger partial charge in [0.1, 0.15) is 5.82 Å². The van der Waals surface area contributed by atoms with Crippen LogP contribution < -0.4 is 0 Å².